The van der Waals surface area contributed by atoms with Gasteiger partial charge in [0, 0.05) is 11.3 Å². The summed E-state index contributed by atoms with van der Waals surface area (Å²) in [7, 11) is 1.60. The largest absolute Gasteiger partial charge is 0.497 e. The third-order valence-electron chi connectivity index (χ3n) is 3.17. The van der Waals surface area contributed by atoms with E-state index in [4.69, 9.17) is 9.47 Å². The highest BCUT2D eigenvalue weighted by Gasteiger charge is 2.25. The van der Waals surface area contributed by atoms with E-state index in [-0.39, 0.29) is 17.5 Å². The molecule has 0 amide bonds. The molecule has 4 nitrogen and oxygen atoms in total. The highest BCUT2D eigenvalue weighted by atomic mass is 32.2. The summed E-state index contributed by atoms with van der Waals surface area (Å²) in [6.07, 6.45) is 2.52. The fraction of sp³-hybridized carbons (Fsp3) is 0.467. The SMILES string of the molecule is COc1cccc(SCC(=O)O[C@H]2CCCCC2=O)c1. The summed E-state index contributed by atoms with van der Waals surface area (Å²) in [5, 5.41) is 0. The highest BCUT2D eigenvalue weighted by molar-refractivity contribution is 8.00. The lowest BCUT2D eigenvalue weighted by atomic mass is 9.96. The van der Waals surface area contributed by atoms with Crippen molar-refractivity contribution < 1.29 is 19.1 Å². The molecule has 0 aliphatic heterocycles. The Labute approximate surface area is 122 Å². The van der Waals surface area contributed by atoms with E-state index >= 15 is 0 Å². The predicted octanol–water partition coefficient (Wildman–Crippen LogP) is 2.84. The lowest BCUT2D eigenvalue weighted by Gasteiger charge is -2.20. The van der Waals surface area contributed by atoms with E-state index in [2.05, 4.69) is 0 Å². The van der Waals surface area contributed by atoms with Crippen LogP contribution in [0.2, 0.25) is 0 Å². The molecule has 1 aromatic carbocycles. The van der Waals surface area contributed by atoms with Gasteiger partial charge in [-0.15, -0.1) is 11.8 Å². The van der Waals surface area contributed by atoms with Crippen LogP contribution in [0.25, 0.3) is 0 Å². The number of ketones is 1. The second-order valence-corrected chi connectivity index (χ2v) is 5.71. The molecular formula is C15H18O4S. The van der Waals surface area contributed by atoms with Crippen LogP contribution in [-0.2, 0) is 14.3 Å². The number of carbonyl (C=O) groups is 2. The van der Waals surface area contributed by atoms with E-state index in [0.717, 1.165) is 23.5 Å². The molecular weight excluding hydrogens is 276 g/mol. The Morgan fingerprint density at radius 3 is 3.00 bits per heavy atom. The molecule has 0 saturated heterocycles. The minimum atomic E-state index is -0.526. The van der Waals surface area contributed by atoms with E-state index in [9.17, 15) is 9.59 Å². The van der Waals surface area contributed by atoms with Gasteiger partial charge in [-0.2, -0.15) is 0 Å². The highest BCUT2D eigenvalue weighted by Crippen LogP contribution is 2.24. The molecule has 1 fully saturated rings. The van der Waals surface area contributed by atoms with Crippen molar-refractivity contribution in [3.05, 3.63) is 24.3 Å². The Morgan fingerprint density at radius 1 is 1.40 bits per heavy atom. The lowest BCUT2D eigenvalue weighted by Crippen LogP contribution is -2.30. The molecule has 0 bridgehead atoms. The number of esters is 1. The van der Waals surface area contributed by atoms with Crippen LogP contribution in [0.5, 0.6) is 5.75 Å². The summed E-state index contributed by atoms with van der Waals surface area (Å²) in [4.78, 5) is 24.3. The Bertz CT molecular complexity index is 487. The van der Waals surface area contributed by atoms with Crippen molar-refractivity contribution >= 4 is 23.5 Å². The molecule has 0 heterocycles. The van der Waals surface area contributed by atoms with Gasteiger partial charge in [-0.25, -0.2) is 0 Å². The quantitative estimate of drug-likeness (QED) is 0.617. The van der Waals surface area contributed by atoms with Gasteiger partial charge in [-0.3, -0.25) is 9.59 Å². The maximum Gasteiger partial charge on any atom is 0.316 e. The predicted molar refractivity (Wildman–Crippen MR) is 77.1 cm³/mol. The van der Waals surface area contributed by atoms with Gasteiger partial charge in [0.1, 0.15) is 5.75 Å². The maximum atomic E-state index is 11.8. The van der Waals surface area contributed by atoms with Crippen molar-refractivity contribution in [2.24, 2.45) is 0 Å². The summed E-state index contributed by atoms with van der Waals surface area (Å²) in [5.41, 5.74) is 0. The monoisotopic (exact) mass is 294 g/mol. The topological polar surface area (TPSA) is 52.6 Å². The number of hydrogen-bond acceptors (Lipinski definition) is 5. The van der Waals surface area contributed by atoms with Crippen LogP contribution in [0.3, 0.4) is 0 Å². The number of carbonyl (C=O) groups excluding carboxylic acids is 2. The van der Waals surface area contributed by atoms with Crippen LogP contribution in [0.4, 0.5) is 0 Å². The van der Waals surface area contributed by atoms with Gasteiger partial charge in [0.15, 0.2) is 11.9 Å². The number of Topliss-reactive ketones (excluding diaryl/α,β-unsaturated/α-hetero) is 1. The second kappa shape index (κ2) is 7.33. The number of methoxy groups -OCH3 is 1. The molecule has 1 atom stereocenters. The molecule has 0 radical (unpaired) electrons. The molecule has 0 spiro atoms. The minimum absolute atomic E-state index is 0.0518. The van der Waals surface area contributed by atoms with Gasteiger partial charge >= 0.3 is 5.97 Å². The molecule has 1 aromatic rings. The molecule has 0 N–H and O–H groups in total. The van der Waals surface area contributed by atoms with E-state index in [1.54, 1.807) is 7.11 Å². The number of thioether (sulfide) groups is 1. The average Bonchev–Trinajstić information content (AvgIpc) is 2.48. The fourth-order valence-corrected chi connectivity index (χ4v) is 2.83. The first-order chi connectivity index (χ1) is 9.69. The van der Waals surface area contributed by atoms with Gasteiger partial charge in [0.25, 0.3) is 0 Å². The van der Waals surface area contributed by atoms with Crippen LogP contribution in [0.1, 0.15) is 25.7 Å². The zero-order valence-corrected chi connectivity index (χ0v) is 12.3. The standard InChI is InChI=1S/C15H18O4S/c1-18-11-5-4-6-12(9-11)20-10-15(17)19-14-8-3-2-7-13(14)16/h4-6,9,14H,2-3,7-8,10H2,1H3/t14-/m0/s1. The summed E-state index contributed by atoms with van der Waals surface area (Å²) in [6, 6.07) is 7.50. The molecule has 5 heteroatoms. The smallest absolute Gasteiger partial charge is 0.316 e. The van der Waals surface area contributed by atoms with Gasteiger partial charge in [0.05, 0.1) is 12.9 Å². The van der Waals surface area contributed by atoms with Gasteiger partial charge in [-0.1, -0.05) is 6.07 Å². The van der Waals surface area contributed by atoms with E-state index < -0.39 is 6.10 Å². The van der Waals surface area contributed by atoms with Crippen LogP contribution in [0, 0.1) is 0 Å². The molecule has 108 valence electrons. The van der Waals surface area contributed by atoms with Crippen molar-refractivity contribution in [2.45, 2.75) is 36.7 Å². The summed E-state index contributed by atoms with van der Waals surface area (Å²) >= 11 is 1.38. The molecule has 1 saturated carbocycles. The maximum absolute atomic E-state index is 11.8. The third-order valence-corrected chi connectivity index (χ3v) is 4.14. The molecule has 1 aliphatic rings. The minimum Gasteiger partial charge on any atom is -0.497 e. The first-order valence-electron chi connectivity index (χ1n) is 6.68. The van der Waals surface area contributed by atoms with Crippen molar-refractivity contribution in [3.63, 3.8) is 0 Å². The third kappa shape index (κ3) is 4.27. The number of hydrogen-bond donors (Lipinski definition) is 0. The van der Waals surface area contributed by atoms with Crippen molar-refractivity contribution in [1.29, 1.82) is 0 Å². The average molecular weight is 294 g/mol. The molecule has 0 aromatic heterocycles. The van der Waals surface area contributed by atoms with E-state index in [1.807, 2.05) is 24.3 Å². The lowest BCUT2D eigenvalue weighted by molar-refractivity contribution is -0.154. The normalized spacial score (nSPS) is 18.6. The molecule has 20 heavy (non-hydrogen) atoms. The second-order valence-electron chi connectivity index (χ2n) is 4.66. The van der Waals surface area contributed by atoms with Crippen LogP contribution >= 0.6 is 11.8 Å². The zero-order valence-electron chi connectivity index (χ0n) is 11.5. The Morgan fingerprint density at radius 2 is 2.25 bits per heavy atom. The number of benzene rings is 1. The summed E-state index contributed by atoms with van der Waals surface area (Å²) in [6.45, 7) is 0. The Balaban J connectivity index is 1.81. The number of ether oxygens (including phenoxy) is 2. The van der Waals surface area contributed by atoms with Crippen LogP contribution < -0.4 is 4.74 Å². The first-order valence-corrected chi connectivity index (χ1v) is 7.66. The van der Waals surface area contributed by atoms with Crippen molar-refractivity contribution in [1.82, 2.24) is 0 Å². The zero-order chi connectivity index (χ0) is 14.4. The van der Waals surface area contributed by atoms with Crippen LogP contribution in [-0.4, -0.2) is 30.7 Å². The number of rotatable bonds is 5. The van der Waals surface area contributed by atoms with Gasteiger partial charge in [0.2, 0.25) is 0 Å². The molecule has 2 rings (SSSR count). The van der Waals surface area contributed by atoms with Crippen molar-refractivity contribution in [2.75, 3.05) is 12.9 Å². The molecule has 0 unspecified atom stereocenters. The van der Waals surface area contributed by atoms with E-state index in [0.29, 0.717) is 12.8 Å². The Hall–Kier alpha value is -1.49. The van der Waals surface area contributed by atoms with Crippen LogP contribution in [0.15, 0.2) is 29.2 Å². The first kappa shape index (κ1) is 14.9. The van der Waals surface area contributed by atoms with Crippen molar-refractivity contribution in [3.8, 4) is 5.75 Å². The van der Waals surface area contributed by atoms with Gasteiger partial charge < -0.3 is 9.47 Å². The summed E-state index contributed by atoms with van der Waals surface area (Å²) in [5.74, 6) is 0.677. The van der Waals surface area contributed by atoms with Gasteiger partial charge in [-0.05, 0) is 37.5 Å². The Kier molecular flexibility index (Phi) is 5.47. The fourth-order valence-electron chi connectivity index (χ4n) is 2.10. The molecule has 1 aliphatic carbocycles. The van der Waals surface area contributed by atoms with E-state index in [1.165, 1.54) is 11.8 Å². The summed E-state index contributed by atoms with van der Waals surface area (Å²) < 4.78 is 10.4.